The zero-order valence-corrected chi connectivity index (χ0v) is 27.9. The Morgan fingerprint density at radius 2 is 1.90 bits per heavy atom. The Bertz CT molecular complexity index is 1950. The molecule has 1 amide bonds. The number of aromatic nitrogens is 2. The number of nitrogens with one attached hydrogen (secondary N) is 1. The number of aliphatic hydroxyl groups is 1. The van der Waals surface area contributed by atoms with Gasteiger partial charge in [0.1, 0.15) is 35.7 Å². The Balaban J connectivity index is 1.17. The Morgan fingerprint density at radius 1 is 1.10 bits per heavy atom. The van der Waals surface area contributed by atoms with E-state index in [9.17, 15) is 19.4 Å². The lowest BCUT2D eigenvalue weighted by Crippen LogP contribution is -2.56. The number of alkyl halides is 1. The largest absolute Gasteiger partial charge is 0.508 e. The van der Waals surface area contributed by atoms with Crippen LogP contribution in [-0.4, -0.2) is 112 Å². The molecule has 5 atom stereocenters. The molecule has 0 saturated carbocycles. The van der Waals surface area contributed by atoms with E-state index >= 15 is 8.78 Å². The van der Waals surface area contributed by atoms with Crippen LogP contribution in [0.2, 0.25) is 0 Å². The van der Waals surface area contributed by atoms with Crippen molar-refractivity contribution in [2.75, 3.05) is 50.8 Å². The van der Waals surface area contributed by atoms with Crippen LogP contribution in [-0.2, 0) is 4.79 Å². The summed E-state index contributed by atoms with van der Waals surface area (Å²) in [5.41, 5.74) is -0.177. The molecule has 0 spiro atoms. The Morgan fingerprint density at radius 3 is 2.68 bits per heavy atom. The van der Waals surface area contributed by atoms with E-state index in [0.717, 1.165) is 32.2 Å². The summed E-state index contributed by atoms with van der Waals surface area (Å²) in [6.45, 7) is 4.50. The average molecular weight is 691 g/mol. The maximum absolute atomic E-state index is 16.9. The number of aromatic hydroxyl groups is 1. The summed E-state index contributed by atoms with van der Waals surface area (Å²) in [4.78, 5) is 27.4. The number of anilines is 1. The average Bonchev–Trinajstić information content (AvgIpc) is 3.67. The first-order valence-electron chi connectivity index (χ1n) is 17.5. The number of fused-ring (bicyclic) bond motifs is 5. The lowest BCUT2D eigenvalue weighted by molar-refractivity contribution is -0.119. The number of carbonyl (C=O) groups excluding carboxylic acids is 1. The van der Waals surface area contributed by atoms with Gasteiger partial charge in [0.25, 0.3) is 0 Å². The van der Waals surface area contributed by atoms with E-state index in [4.69, 9.17) is 9.72 Å². The number of nitrogens with zero attached hydrogens (tertiary/aromatic N) is 5. The molecule has 8 rings (SSSR count). The van der Waals surface area contributed by atoms with Crippen LogP contribution in [0.5, 0.6) is 11.8 Å². The van der Waals surface area contributed by atoms with Gasteiger partial charge in [-0.25, -0.2) is 13.2 Å². The first-order chi connectivity index (χ1) is 24.1. The monoisotopic (exact) mass is 690 g/mol. The zero-order chi connectivity index (χ0) is 34.7. The summed E-state index contributed by atoms with van der Waals surface area (Å²) >= 11 is 0. The highest BCUT2D eigenvalue weighted by Gasteiger charge is 2.49. The van der Waals surface area contributed by atoms with Crippen LogP contribution in [0.25, 0.3) is 32.8 Å². The lowest BCUT2D eigenvalue weighted by atomic mass is 9.95. The summed E-state index contributed by atoms with van der Waals surface area (Å²) in [5, 5.41) is 24.9. The van der Waals surface area contributed by atoms with Crippen molar-refractivity contribution in [2.24, 2.45) is 0 Å². The number of phenolic OH excluding ortho intramolecular Hbond substituents is 1. The van der Waals surface area contributed by atoms with E-state index in [-0.39, 0.29) is 64.9 Å². The minimum atomic E-state index is -0.937. The third kappa shape index (κ3) is 5.88. The molecular weight excluding hydrogens is 649 g/mol. The number of ether oxygens (including phenoxy) is 1. The fraction of sp³-hybridized carbons (Fsp3) is 0.486. The normalized spacial score (nSPS) is 25.8. The van der Waals surface area contributed by atoms with Gasteiger partial charge in [0.05, 0.1) is 11.6 Å². The number of piperazine rings is 1. The van der Waals surface area contributed by atoms with Crippen molar-refractivity contribution in [2.45, 2.75) is 68.9 Å². The van der Waals surface area contributed by atoms with Gasteiger partial charge in [0.2, 0.25) is 5.91 Å². The quantitative estimate of drug-likeness (QED) is 0.233. The van der Waals surface area contributed by atoms with Crippen LogP contribution >= 0.6 is 0 Å². The van der Waals surface area contributed by atoms with Crippen LogP contribution in [0.3, 0.4) is 0 Å². The Labute approximate surface area is 287 Å². The molecule has 0 radical (unpaired) electrons. The number of rotatable bonds is 9. The molecular formula is C37H41F3N6O4. The third-order valence-corrected chi connectivity index (χ3v) is 11.1. The predicted octanol–water partition coefficient (Wildman–Crippen LogP) is 4.54. The van der Waals surface area contributed by atoms with Crippen LogP contribution in [0.4, 0.5) is 19.0 Å². The third-order valence-electron chi connectivity index (χ3n) is 11.1. The second kappa shape index (κ2) is 12.8. The number of benzene rings is 3. The summed E-state index contributed by atoms with van der Waals surface area (Å²) in [7, 11) is 0. The maximum Gasteiger partial charge on any atom is 0.319 e. The highest BCUT2D eigenvalue weighted by molar-refractivity contribution is 6.01. The van der Waals surface area contributed by atoms with Gasteiger partial charge in [-0.1, -0.05) is 18.2 Å². The van der Waals surface area contributed by atoms with Gasteiger partial charge in [-0.15, -0.1) is 0 Å². The molecule has 5 heterocycles. The van der Waals surface area contributed by atoms with Crippen molar-refractivity contribution in [3.8, 4) is 22.9 Å². The number of aliphatic hydroxyl groups excluding tert-OH is 1. The van der Waals surface area contributed by atoms with Crippen molar-refractivity contribution in [3.63, 3.8) is 0 Å². The lowest BCUT2D eigenvalue weighted by Gasteiger charge is -2.42. The molecule has 50 heavy (non-hydrogen) atoms. The van der Waals surface area contributed by atoms with Gasteiger partial charge in [0, 0.05) is 74.5 Å². The van der Waals surface area contributed by atoms with Gasteiger partial charge >= 0.3 is 6.01 Å². The minimum absolute atomic E-state index is 0.00593. The van der Waals surface area contributed by atoms with E-state index in [1.165, 1.54) is 31.2 Å². The number of halogens is 3. The van der Waals surface area contributed by atoms with E-state index < -0.39 is 29.4 Å². The number of carbonyl (C=O) groups is 1. The summed E-state index contributed by atoms with van der Waals surface area (Å²) in [6.07, 6.45) is 2.28. The molecule has 4 aromatic rings. The molecule has 4 saturated heterocycles. The Kier molecular flexibility index (Phi) is 8.47. The first-order valence-corrected chi connectivity index (χ1v) is 17.5. The maximum atomic E-state index is 16.9. The van der Waals surface area contributed by atoms with Crippen LogP contribution in [0.15, 0.2) is 42.5 Å². The molecule has 0 aliphatic carbocycles. The molecule has 1 aromatic heterocycles. The van der Waals surface area contributed by atoms with Crippen LogP contribution < -0.4 is 15.0 Å². The number of phenols is 1. The fourth-order valence-electron chi connectivity index (χ4n) is 8.90. The molecule has 264 valence electrons. The van der Waals surface area contributed by atoms with E-state index in [1.807, 2.05) is 0 Å². The van der Waals surface area contributed by atoms with E-state index in [2.05, 4.69) is 25.0 Å². The van der Waals surface area contributed by atoms with Gasteiger partial charge in [0.15, 0.2) is 5.82 Å². The van der Waals surface area contributed by atoms with Crippen molar-refractivity contribution in [1.82, 2.24) is 25.1 Å². The molecule has 3 unspecified atom stereocenters. The fourth-order valence-corrected chi connectivity index (χ4v) is 8.90. The van der Waals surface area contributed by atoms with Crippen molar-refractivity contribution >= 4 is 33.4 Å². The van der Waals surface area contributed by atoms with Gasteiger partial charge in [-0.05, 0) is 67.4 Å². The molecule has 4 aliphatic heterocycles. The van der Waals surface area contributed by atoms with Crippen molar-refractivity contribution in [1.29, 1.82) is 0 Å². The molecule has 4 fully saturated rings. The van der Waals surface area contributed by atoms with Gasteiger partial charge in [-0.2, -0.15) is 9.97 Å². The molecule has 10 nitrogen and oxygen atoms in total. The molecule has 4 aliphatic rings. The zero-order valence-electron chi connectivity index (χ0n) is 27.9. The summed E-state index contributed by atoms with van der Waals surface area (Å²) in [6, 6.07) is 10.8. The minimum Gasteiger partial charge on any atom is -0.508 e. The van der Waals surface area contributed by atoms with E-state index in [1.54, 1.807) is 18.2 Å². The number of hydrogen-bond acceptors (Lipinski definition) is 9. The molecule has 2 bridgehead atoms. The van der Waals surface area contributed by atoms with Crippen LogP contribution in [0.1, 0.15) is 39.0 Å². The van der Waals surface area contributed by atoms with Crippen molar-refractivity contribution in [3.05, 3.63) is 54.1 Å². The SMILES string of the molecule is CC(=O)NC[C@H](O)CN1C2CCC1CN(c1nc(OCC34CCCN3C[C@H](F)C4)nc3c(F)c(-c4cc(O)cc5cccc(F)c45)ccc13)C2. The van der Waals surface area contributed by atoms with Gasteiger partial charge in [-0.3, -0.25) is 14.6 Å². The standard InChI is InChI=1S/C37H41F3N6O4/c1-21(47)41-15-27(49)19-46-24-6-7-25(46)18-44(17-24)35-29-9-8-28(30-13-26(48)12-22-4-2-5-31(39)32(22)30)33(40)34(29)42-36(43-35)50-20-37-10-3-11-45(37)16-23(38)14-37/h2,4-5,8-9,12-13,23-25,27,48-49H,3,6-7,10-11,14-20H2,1H3,(H,41,47)/t23-,24?,25?,27+,37?/m1/s1. The van der Waals surface area contributed by atoms with Crippen LogP contribution in [0, 0.1) is 11.6 Å². The molecule has 3 N–H and O–H groups in total. The van der Waals surface area contributed by atoms with Crippen molar-refractivity contribution < 1.29 is 32.9 Å². The second-order valence-electron chi connectivity index (χ2n) is 14.4. The van der Waals surface area contributed by atoms with E-state index in [0.29, 0.717) is 49.2 Å². The second-order valence-corrected chi connectivity index (χ2v) is 14.4. The Hall–Kier alpha value is -4.20. The summed E-state index contributed by atoms with van der Waals surface area (Å²) < 4.78 is 52.9. The summed E-state index contributed by atoms with van der Waals surface area (Å²) in [5.74, 6) is -1.04. The predicted molar refractivity (Wildman–Crippen MR) is 183 cm³/mol. The molecule has 3 aromatic carbocycles. The highest BCUT2D eigenvalue weighted by Crippen LogP contribution is 2.43. The highest BCUT2D eigenvalue weighted by atomic mass is 19.1. The first kappa shape index (κ1) is 33.0. The topological polar surface area (TPSA) is 114 Å². The van der Waals surface area contributed by atoms with Gasteiger partial charge < -0.3 is 25.2 Å². The number of amides is 1. The molecule has 13 heteroatoms. The smallest absolute Gasteiger partial charge is 0.319 e. The number of hydrogen-bond donors (Lipinski definition) is 3.